The Morgan fingerprint density at radius 2 is 2.13 bits per heavy atom. The Morgan fingerprint density at radius 3 is 2.87 bits per heavy atom. The Kier molecular flexibility index (Phi) is 4.30. The number of carboxylic acid groups (broad SMARTS) is 1. The van der Waals surface area contributed by atoms with Gasteiger partial charge in [-0.05, 0) is 38.0 Å². The number of hydrogen-bond donors (Lipinski definition) is 2. The van der Waals surface area contributed by atoms with E-state index in [4.69, 9.17) is 0 Å². The van der Waals surface area contributed by atoms with Crippen LogP contribution in [-0.4, -0.2) is 46.1 Å². The minimum Gasteiger partial charge on any atom is -0.481 e. The van der Waals surface area contributed by atoms with Crippen LogP contribution in [0.1, 0.15) is 30.1 Å². The van der Waals surface area contributed by atoms with E-state index in [1.54, 1.807) is 17.0 Å². The number of rotatable bonds is 2. The molecule has 122 valence electrons. The van der Waals surface area contributed by atoms with Crippen LogP contribution in [0.3, 0.4) is 0 Å². The van der Waals surface area contributed by atoms with Crippen molar-refractivity contribution < 1.29 is 19.5 Å². The van der Waals surface area contributed by atoms with Crippen molar-refractivity contribution in [3.05, 3.63) is 23.8 Å². The van der Waals surface area contributed by atoms with E-state index in [1.165, 1.54) is 11.8 Å². The third kappa shape index (κ3) is 3.19. The summed E-state index contributed by atoms with van der Waals surface area (Å²) < 4.78 is 0. The number of aliphatic carboxylic acids is 1. The lowest BCUT2D eigenvalue weighted by Crippen LogP contribution is -2.47. The van der Waals surface area contributed by atoms with Crippen molar-refractivity contribution in [2.75, 3.05) is 17.6 Å². The van der Waals surface area contributed by atoms with Crippen LogP contribution >= 0.6 is 11.8 Å². The van der Waals surface area contributed by atoms with E-state index in [1.807, 2.05) is 13.0 Å². The topological polar surface area (TPSA) is 86.7 Å². The lowest BCUT2D eigenvalue weighted by atomic mass is 9.93. The number of thioether (sulfide) groups is 1. The molecule has 6 nitrogen and oxygen atoms in total. The van der Waals surface area contributed by atoms with Gasteiger partial charge in [0.15, 0.2) is 0 Å². The quantitative estimate of drug-likeness (QED) is 0.864. The molecule has 1 aromatic rings. The molecule has 0 saturated carbocycles. The molecular weight excluding hydrogens is 316 g/mol. The SMILES string of the molecule is CC1CCC(C(=O)O)CN1C(=O)c1ccc2c(c1)NC(=O)CS2. The number of amides is 2. The van der Waals surface area contributed by atoms with Gasteiger partial charge >= 0.3 is 5.97 Å². The molecular formula is C16H18N2O4S. The maximum Gasteiger partial charge on any atom is 0.308 e. The van der Waals surface area contributed by atoms with Crippen molar-refractivity contribution in [1.29, 1.82) is 0 Å². The number of carbonyl (C=O) groups is 3. The first-order valence-electron chi connectivity index (χ1n) is 7.56. The summed E-state index contributed by atoms with van der Waals surface area (Å²) in [6.07, 6.45) is 1.28. The molecule has 1 saturated heterocycles. The Bertz CT molecular complexity index is 676. The third-order valence-electron chi connectivity index (χ3n) is 4.35. The van der Waals surface area contributed by atoms with E-state index in [0.717, 1.165) is 4.90 Å². The molecule has 0 radical (unpaired) electrons. The maximum atomic E-state index is 12.8. The van der Waals surface area contributed by atoms with E-state index < -0.39 is 11.9 Å². The Morgan fingerprint density at radius 1 is 1.35 bits per heavy atom. The molecule has 2 unspecified atom stereocenters. The highest BCUT2D eigenvalue weighted by Crippen LogP contribution is 2.33. The van der Waals surface area contributed by atoms with E-state index in [0.29, 0.717) is 29.8 Å². The minimum absolute atomic E-state index is 0.0121. The predicted molar refractivity (Wildman–Crippen MR) is 86.7 cm³/mol. The summed E-state index contributed by atoms with van der Waals surface area (Å²) in [6, 6.07) is 5.26. The minimum atomic E-state index is -0.858. The van der Waals surface area contributed by atoms with Gasteiger partial charge in [0, 0.05) is 23.0 Å². The van der Waals surface area contributed by atoms with Gasteiger partial charge in [-0.3, -0.25) is 14.4 Å². The number of carbonyl (C=O) groups excluding carboxylic acids is 2. The summed E-state index contributed by atoms with van der Waals surface area (Å²) in [6.45, 7) is 2.17. The molecule has 7 heteroatoms. The van der Waals surface area contributed by atoms with Crippen molar-refractivity contribution in [3.63, 3.8) is 0 Å². The van der Waals surface area contributed by atoms with Crippen molar-refractivity contribution in [2.24, 2.45) is 5.92 Å². The van der Waals surface area contributed by atoms with Crippen LogP contribution in [0.2, 0.25) is 0 Å². The summed E-state index contributed by atoms with van der Waals surface area (Å²) in [7, 11) is 0. The van der Waals surface area contributed by atoms with Crippen LogP contribution in [0, 0.1) is 5.92 Å². The molecule has 2 atom stereocenters. The first kappa shape index (κ1) is 15.9. The smallest absolute Gasteiger partial charge is 0.308 e. The van der Waals surface area contributed by atoms with Crippen LogP contribution in [-0.2, 0) is 9.59 Å². The monoisotopic (exact) mass is 334 g/mol. The maximum absolute atomic E-state index is 12.8. The van der Waals surface area contributed by atoms with Crippen molar-refractivity contribution in [3.8, 4) is 0 Å². The number of nitrogens with zero attached hydrogens (tertiary/aromatic N) is 1. The van der Waals surface area contributed by atoms with Gasteiger partial charge < -0.3 is 15.3 Å². The van der Waals surface area contributed by atoms with E-state index in [-0.39, 0.29) is 24.4 Å². The molecule has 0 aliphatic carbocycles. The van der Waals surface area contributed by atoms with Crippen LogP contribution < -0.4 is 5.32 Å². The Hall–Kier alpha value is -2.02. The zero-order valence-corrected chi connectivity index (χ0v) is 13.6. The fraction of sp³-hybridized carbons (Fsp3) is 0.438. The van der Waals surface area contributed by atoms with E-state index in [2.05, 4.69) is 5.32 Å². The lowest BCUT2D eigenvalue weighted by Gasteiger charge is -2.36. The van der Waals surface area contributed by atoms with Crippen LogP contribution in [0.5, 0.6) is 0 Å². The number of hydrogen-bond acceptors (Lipinski definition) is 4. The second-order valence-corrected chi connectivity index (χ2v) is 6.98. The number of fused-ring (bicyclic) bond motifs is 1. The van der Waals surface area contributed by atoms with Gasteiger partial charge in [0.25, 0.3) is 5.91 Å². The predicted octanol–water partition coefficient (Wildman–Crippen LogP) is 2.06. The molecule has 0 aromatic heterocycles. The average molecular weight is 334 g/mol. The fourth-order valence-electron chi connectivity index (χ4n) is 2.97. The van der Waals surface area contributed by atoms with Gasteiger partial charge in [-0.2, -0.15) is 0 Å². The van der Waals surface area contributed by atoms with E-state index in [9.17, 15) is 19.5 Å². The third-order valence-corrected chi connectivity index (χ3v) is 5.43. The number of carboxylic acids is 1. The van der Waals surface area contributed by atoms with Gasteiger partial charge in [0.2, 0.25) is 5.91 Å². The molecule has 3 rings (SSSR count). The second kappa shape index (κ2) is 6.23. The highest BCUT2D eigenvalue weighted by atomic mass is 32.2. The standard InChI is InChI=1S/C16H18N2O4S/c1-9-2-3-11(16(21)22)7-18(9)15(20)10-4-5-13-12(6-10)17-14(19)8-23-13/h4-6,9,11H,2-3,7-8H2,1H3,(H,17,19)(H,21,22). The van der Waals surface area contributed by atoms with E-state index >= 15 is 0 Å². The van der Waals surface area contributed by atoms with Crippen molar-refractivity contribution >= 4 is 35.2 Å². The molecule has 0 bridgehead atoms. The van der Waals surface area contributed by atoms with Gasteiger partial charge in [0.05, 0.1) is 17.4 Å². The van der Waals surface area contributed by atoms with Gasteiger partial charge in [-0.25, -0.2) is 0 Å². The summed E-state index contributed by atoms with van der Waals surface area (Å²) in [5, 5.41) is 12.0. The van der Waals surface area contributed by atoms with Crippen molar-refractivity contribution in [2.45, 2.75) is 30.7 Å². The number of likely N-dealkylation sites (tertiary alicyclic amines) is 1. The van der Waals surface area contributed by atoms with Crippen LogP contribution in [0.4, 0.5) is 5.69 Å². The van der Waals surface area contributed by atoms with Crippen LogP contribution in [0.25, 0.3) is 0 Å². The Balaban J connectivity index is 1.83. The first-order chi connectivity index (χ1) is 11.0. The van der Waals surface area contributed by atoms with Gasteiger partial charge in [0.1, 0.15) is 0 Å². The highest BCUT2D eigenvalue weighted by molar-refractivity contribution is 8.00. The molecule has 1 fully saturated rings. The number of anilines is 1. The first-order valence-corrected chi connectivity index (χ1v) is 8.54. The second-order valence-electron chi connectivity index (χ2n) is 5.97. The molecule has 2 N–H and O–H groups in total. The zero-order chi connectivity index (χ0) is 16.6. The fourth-order valence-corrected chi connectivity index (χ4v) is 3.76. The average Bonchev–Trinajstić information content (AvgIpc) is 2.53. The number of piperidine rings is 1. The molecule has 2 aliphatic rings. The number of benzene rings is 1. The summed E-state index contributed by atoms with van der Waals surface area (Å²) >= 11 is 1.44. The molecule has 23 heavy (non-hydrogen) atoms. The largest absolute Gasteiger partial charge is 0.481 e. The normalized spacial score (nSPS) is 23.9. The Labute approximate surface area is 138 Å². The van der Waals surface area contributed by atoms with Crippen molar-refractivity contribution in [1.82, 2.24) is 4.90 Å². The molecule has 2 aliphatic heterocycles. The highest BCUT2D eigenvalue weighted by Gasteiger charge is 2.33. The molecule has 2 heterocycles. The molecule has 0 spiro atoms. The summed E-state index contributed by atoms with van der Waals surface area (Å²) in [4.78, 5) is 38.0. The summed E-state index contributed by atoms with van der Waals surface area (Å²) in [5.74, 6) is -1.25. The molecule has 1 aromatic carbocycles. The van der Waals surface area contributed by atoms with Gasteiger partial charge in [-0.15, -0.1) is 11.8 Å². The number of nitrogens with one attached hydrogen (secondary N) is 1. The van der Waals surface area contributed by atoms with Crippen LogP contribution in [0.15, 0.2) is 23.1 Å². The summed E-state index contributed by atoms with van der Waals surface area (Å²) in [5.41, 5.74) is 1.13. The molecule has 2 amide bonds. The zero-order valence-electron chi connectivity index (χ0n) is 12.7. The lowest BCUT2D eigenvalue weighted by molar-refractivity contribution is -0.143. The van der Waals surface area contributed by atoms with Gasteiger partial charge in [-0.1, -0.05) is 0 Å².